The van der Waals surface area contributed by atoms with Crippen LogP contribution in [0.5, 0.6) is 0 Å². The Labute approximate surface area is 195 Å². The van der Waals surface area contributed by atoms with E-state index in [-0.39, 0.29) is 11.4 Å². The van der Waals surface area contributed by atoms with Crippen LogP contribution in [0.3, 0.4) is 0 Å². The second kappa shape index (κ2) is 7.97. The Morgan fingerprint density at radius 3 is 2.53 bits per heavy atom. The van der Waals surface area contributed by atoms with Gasteiger partial charge in [0.15, 0.2) is 5.17 Å². The first-order valence-corrected chi connectivity index (χ1v) is 11.3. The van der Waals surface area contributed by atoms with Gasteiger partial charge >= 0.3 is 0 Å². The molecule has 0 radical (unpaired) electrons. The lowest BCUT2D eigenvalue weighted by Gasteiger charge is -2.26. The van der Waals surface area contributed by atoms with Gasteiger partial charge in [0.25, 0.3) is 5.91 Å². The molecular formula is C25H19ClN4OS. The second-order valence-corrected chi connectivity index (χ2v) is 8.79. The number of amides is 1. The molecule has 0 saturated carbocycles. The first-order valence-electron chi connectivity index (χ1n) is 10.1. The average molecular weight is 459 g/mol. The van der Waals surface area contributed by atoms with Crippen molar-refractivity contribution in [2.45, 2.75) is 13.8 Å². The number of aliphatic imine (C=N–C) groups is 1. The van der Waals surface area contributed by atoms with Crippen LogP contribution >= 0.6 is 23.4 Å². The van der Waals surface area contributed by atoms with Gasteiger partial charge in [0.2, 0.25) is 0 Å². The molecule has 1 N–H and O–H groups in total. The van der Waals surface area contributed by atoms with E-state index in [4.69, 9.17) is 17.0 Å². The molecule has 0 unspecified atom stereocenters. The van der Waals surface area contributed by atoms with E-state index in [1.165, 1.54) is 11.8 Å². The van der Waals surface area contributed by atoms with Gasteiger partial charge < -0.3 is 4.57 Å². The quantitative estimate of drug-likeness (QED) is 0.486. The predicted octanol–water partition coefficient (Wildman–Crippen LogP) is 6.05. The zero-order valence-electron chi connectivity index (χ0n) is 17.5. The van der Waals surface area contributed by atoms with Crippen molar-refractivity contribution in [1.82, 2.24) is 9.47 Å². The van der Waals surface area contributed by atoms with Gasteiger partial charge in [0.05, 0.1) is 22.0 Å². The van der Waals surface area contributed by atoms with Crippen LogP contribution in [0.25, 0.3) is 17.5 Å². The molecule has 5 nitrogen and oxygen atoms in total. The van der Waals surface area contributed by atoms with Crippen molar-refractivity contribution in [3.05, 3.63) is 99.2 Å². The standard InChI is InChI=1S/C25H19ClN4OS/c1-15-12-18(16(2)29(15)21-11-7-6-10-20(21)26)13-19-23(27)30-22(17-8-4-3-5-9-17)14-32-25(30)28-24(19)31/h3-14,27H,1-2H3/b19-13-,27-23?. The molecule has 0 bridgehead atoms. The molecular weight excluding hydrogens is 440 g/mol. The summed E-state index contributed by atoms with van der Waals surface area (Å²) in [6.07, 6.45) is 1.76. The molecule has 1 aromatic heterocycles. The molecule has 1 amide bonds. The molecule has 0 fully saturated rings. The average Bonchev–Trinajstić information content (AvgIpc) is 3.33. The topological polar surface area (TPSA) is 61.5 Å². The van der Waals surface area contributed by atoms with Gasteiger partial charge in [-0.25, -0.2) is 0 Å². The third kappa shape index (κ3) is 3.32. The molecule has 0 aliphatic carbocycles. The summed E-state index contributed by atoms with van der Waals surface area (Å²) < 4.78 is 2.06. The highest BCUT2D eigenvalue weighted by Gasteiger charge is 2.36. The number of benzene rings is 2. The van der Waals surface area contributed by atoms with E-state index in [0.29, 0.717) is 10.2 Å². The summed E-state index contributed by atoms with van der Waals surface area (Å²) in [6.45, 7) is 3.98. The highest BCUT2D eigenvalue weighted by Crippen LogP contribution is 2.37. The van der Waals surface area contributed by atoms with Gasteiger partial charge in [-0.2, -0.15) is 4.99 Å². The third-order valence-electron chi connectivity index (χ3n) is 5.55. The molecule has 3 aromatic rings. The predicted molar refractivity (Wildman–Crippen MR) is 132 cm³/mol. The van der Waals surface area contributed by atoms with Crippen LogP contribution in [0.1, 0.15) is 22.5 Å². The number of aromatic nitrogens is 1. The van der Waals surface area contributed by atoms with E-state index in [1.54, 1.807) is 11.0 Å². The van der Waals surface area contributed by atoms with Crippen molar-refractivity contribution in [3.8, 4) is 5.69 Å². The van der Waals surface area contributed by atoms with Crippen molar-refractivity contribution < 1.29 is 4.79 Å². The summed E-state index contributed by atoms with van der Waals surface area (Å²) >= 11 is 7.79. The van der Waals surface area contributed by atoms with E-state index in [2.05, 4.69) is 9.56 Å². The van der Waals surface area contributed by atoms with Crippen molar-refractivity contribution >= 4 is 52.0 Å². The number of hydrogen-bond donors (Lipinski definition) is 1. The maximum atomic E-state index is 12.8. The van der Waals surface area contributed by atoms with Crippen LogP contribution in [0.15, 0.2) is 76.6 Å². The zero-order valence-corrected chi connectivity index (χ0v) is 19.0. The van der Waals surface area contributed by atoms with Crippen molar-refractivity contribution in [1.29, 1.82) is 5.41 Å². The number of amidine groups is 2. The van der Waals surface area contributed by atoms with Crippen LogP contribution in [0, 0.1) is 19.3 Å². The number of nitrogens with zero attached hydrogens (tertiary/aromatic N) is 3. The van der Waals surface area contributed by atoms with E-state index >= 15 is 0 Å². The van der Waals surface area contributed by atoms with Crippen molar-refractivity contribution in [2.24, 2.45) is 4.99 Å². The van der Waals surface area contributed by atoms with E-state index < -0.39 is 5.91 Å². The molecule has 2 aliphatic rings. The maximum Gasteiger partial charge on any atom is 0.283 e. The Morgan fingerprint density at radius 2 is 1.78 bits per heavy atom. The van der Waals surface area contributed by atoms with Gasteiger partial charge in [0, 0.05) is 16.8 Å². The summed E-state index contributed by atoms with van der Waals surface area (Å²) in [5.41, 5.74) is 5.74. The van der Waals surface area contributed by atoms with Gasteiger partial charge in [-0.05, 0) is 49.2 Å². The van der Waals surface area contributed by atoms with E-state index in [1.807, 2.05) is 79.9 Å². The van der Waals surface area contributed by atoms with Gasteiger partial charge in [-0.15, -0.1) is 0 Å². The summed E-state index contributed by atoms with van der Waals surface area (Å²) in [7, 11) is 0. The minimum atomic E-state index is -0.404. The number of carbonyl (C=O) groups excluding carboxylic acids is 1. The smallest absolute Gasteiger partial charge is 0.283 e. The molecule has 0 spiro atoms. The lowest BCUT2D eigenvalue weighted by Crippen LogP contribution is -2.38. The van der Waals surface area contributed by atoms with Crippen molar-refractivity contribution in [3.63, 3.8) is 0 Å². The lowest BCUT2D eigenvalue weighted by atomic mass is 10.1. The minimum absolute atomic E-state index is 0.127. The lowest BCUT2D eigenvalue weighted by molar-refractivity contribution is -0.114. The second-order valence-electron chi connectivity index (χ2n) is 7.54. The summed E-state index contributed by atoms with van der Waals surface area (Å²) in [5, 5.41) is 11.9. The molecule has 0 atom stereocenters. The van der Waals surface area contributed by atoms with Crippen LogP contribution < -0.4 is 0 Å². The summed E-state index contributed by atoms with van der Waals surface area (Å²) in [5.74, 6) is -0.276. The number of rotatable bonds is 3. The number of carbonyl (C=O) groups is 1. The highest BCUT2D eigenvalue weighted by molar-refractivity contribution is 8.17. The highest BCUT2D eigenvalue weighted by atomic mass is 35.5. The molecule has 2 aliphatic heterocycles. The molecule has 0 saturated heterocycles. The number of fused-ring (bicyclic) bond motifs is 1. The minimum Gasteiger partial charge on any atom is -0.316 e. The molecule has 2 aromatic carbocycles. The van der Waals surface area contributed by atoms with Crippen LogP contribution in [-0.2, 0) is 4.79 Å². The largest absolute Gasteiger partial charge is 0.316 e. The first kappa shape index (κ1) is 20.5. The van der Waals surface area contributed by atoms with Crippen molar-refractivity contribution in [2.75, 3.05) is 0 Å². The number of halogens is 1. The van der Waals surface area contributed by atoms with Gasteiger partial charge in [-0.3, -0.25) is 15.1 Å². The Morgan fingerprint density at radius 1 is 1.06 bits per heavy atom. The van der Waals surface area contributed by atoms with Crippen LogP contribution in [0.2, 0.25) is 5.02 Å². The Kier molecular flexibility index (Phi) is 5.12. The number of hydrogen-bond acceptors (Lipinski definition) is 3. The van der Waals surface area contributed by atoms with E-state index in [9.17, 15) is 4.79 Å². The van der Waals surface area contributed by atoms with Gasteiger partial charge in [0.1, 0.15) is 5.84 Å². The zero-order chi connectivity index (χ0) is 22.4. The summed E-state index contributed by atoms with van der Waals surface area (Å²) in [4.78, 5) is 18.8. The molecule has 5 rings (SSSR count). The number of aryl methyl sites for hydroxylation is 1. The normalized spacial score (nSPS) is 17.0. The SMILES string of the molecule is Cc1cc(/C=C2/C(=N)N3C(c4ccccc4)=CSC3=NC2=O)c(C)n1-c1ccccc1Cl. The third-order valence-corrected chi connectivity index (χ3v) is 6.69. The summed E-state index contributed by atoms with van der Waals surface area (Å²) in [6, 6.07) is 19.5. The Balaban J connectivity index is 1.57. The number of para-hydroxylation sites is 1. The fraction of sp³-hybridized carbons (Fsp3) is 0.0800. The van der Waals surface area contributed by atoms with Gasteiger partial charge in [-0.1, -0.05) is 65.8 Å². The number of thioether (sulfide) groups is 1. The Bertz CT molecular complexity index is 1370. The van der Waals surface area contributed by atoms with Crippen LogP contribution in [0.4, 0.5) is 0 Å². The fourth-order valence-corrected chi connectivity index (χ4v) is 5.12. The molecule has 158 valence electrons. The molecule has 7 heteroatoms. The van der Waals surface area contributed by atoms with Crippen LogP contribution in [-0.4, -0.2) is 26.4 Å². The molecule has 32 heavy (non-hydrogen) atoms. The monoisotopic (exact) mass is 458 g/mol. The first-order chi connectivity index (χ1) is 15.5. The maximum absolute atomic E-state index is 12.8. The fourth-order valence-electron chi connectivity index (χ4n) is 4.01. The number of nitrogens with one attached hydrogen (secondary N) is 1. The molecule has 3 heterocycles. The van der Waals surface area contributed by atoms with E-state index in [0.717, 1.165) is 33.9 Å². The Hall–Kier alpha value is -3.35.